The van der Waals surface area contributed by atoms with Crippen molar-refractivity contribution >= 4 is 0 Å². The van der Waals surface area contributed by atoms with Crippen molar-refractivity contribution in [2.45, 2.75) is 24.5 Å². The monoisotopic (exact) mass is 351 g/mol. The van der Waals surface area contributed by atoms with Crippen LogP contribution in [0.1, 0.15) is 35.2 Å². The summed E-state index contributed by atoms with van der Waals surface area (Å²) < 4.78 is 2.32. The minimum Gasteiger partial charge on any atom is -1.00 e. The van der Waals surface area contributed by atoms with Crippen molar-refractivity contribution in [2.75, 3.05) is 0 Å². The molecule has 0 spiro atoms. The quantitative estimate of drug-likeness (QED) is 0.467. The zero-order valence-electron chi connectivity index (χ0n) is 9.83. The van der Waals surface area contributed by atoms with Crippen LogP contribution in [-0.2, 0) is 0 Å². The first-order chi connectivity index (χ1) is 8.36. The Balaban J connectivity index is 0.000001000. The molecule has 0 saturated carbocycles. The van der Waals surface area contributed by atoms with Gasteiger partial charge in [-0.1, -0.05) is 30.3 Å². The maximum Gasteiger partial charge on any atom is 0.192 e. The highest BCUT2D eigenvalue weighted by atomic mass is 127. The van der Waals surface area contributed by atoms with Crippen LogP contribution in [-0.4, -0.2) is 11.2 Å². The van der Waals surface area contributed by atoms with E-state index in [-0.39, 0.29) is 36.0 Å². The number of aliphatic hydroxyl groups is 1. The maximum absolute atomic E-state index is 10.3. The number of benzene rings is 1. The third kappa shape index (κ3) is 1.47. The largest absolute Gasteiger partial charge is 1.00 e. The van der Waals surface area contributed by atoms with Crippen LogP contribution < -0.4 is 28.5 Å². The van der Waals surface area contributed by atoms with Crippen LogP contribution in [0.3, 0.4) is 0 Å². The average Bonchev–Trinajstić information content (AvgIpc) is 2.39. The number of fused-ring (bicyclic) bond motifs is 1. The highest BCUT2D eigenvalue weighted by Gasteiger charge is 2.48. The number of aliphatic hydroxyl groups excluding tert-OH is 1. The van der Waals surface area contributed by atoms with Gasteiger partial charge in [0.05, 0.1) is 12.0 Å². The molecular formula is C15H14INO. The summed E-state index contributed by atoms with van der Waals surface area (Å²) in [7, 11) is 0. The normalized spacial score (nSPS) is 27.1. The number of pyridine rings is 1. The molecular weight excluding hydrogens is 337 g/mol. The maximum atomic E-state index is 10.3. The summed E-state index contributed by atoms with van der Waals surface area (Å²) in [6.45, 7) is 0. The second kappa shape index (κ2) is 4.31. The summed E-state index contributed by atoms with van der Waals surface area (Å²) in [6.07, 6.45) is 2.73. The first-order valence-electron chi connectivity index (χ1n) is 6.13. The van der Waals surface area contributed by atoms with E-state index in [2.05, 4.69) is 53.2 Å². The van der Waals surface area contributed by atoms with Crippen molar-refractivity contribution in [3.63, 3.8) is 0 Å². The Kier molecular flexibility index (Phi) is 2.90. The van der Waals surface area contributed by atoms with Crippen molar-refractivity contribution in [1.82, 2.24) is 0 Å². The van der Waals surface area contributed by atoms with Crippen LogP contribution in [0.15, 0.2) is 48.7 Å². The van der Waals surface area contributed by atoms with E-state index in [4.69, 9.17) is 0 Å². The van der Waals surface area contributed by atoms with Crippen molar-refractivity contribution in [2.24, 2.45) is 0 Å². The zero-order chi connectivity index (χ0) is 11.4. The third-order valence-corrected chi connectivity index (χ3v) is 4.12. The van der Waals surface area contributed by atoms with Crippen molar-refractivity contribution in [1.29, 1.82) is 0 Å². The van der Waals surface area contributed by atoms with Gasteiger partial charge in [0.1, 0.15) is 0 Å². The van der Waals surface area contributed by atoms with E-state index >= 15 is 0 Å². The number of nitrogens with zero attached hydrogens (tertiary/aromatic N) is 1. The Labute approximate surface area is 123 Å². The molecule has 1 aromatic heterocycles. The lowest BCUT2D eigenvalue weighted by Gasteiger charge is -2.37. The van der Waals surface area contributed by atoms with Gasteiger partial charge in [-0.3, -0.25) is 0 Å². The van der Waals surface area contributed by atoms with Gasteiger partial charge in [0, 0.05) is 24.1 Å². The van der Waals surface area contributed by atoms with Crippen LogP contribution in [0.2, 0.25) is 0 Å². The van der Waals surface area contributed by atoms with Crippen LogP contribution in [0, 0.1) is 0 Å². The van der Waals surface area contributed by atoms with Gasteiger partial charge < -0.3 is 29.1 Å². The zero-order valence-corrected chi connectivity index (χ0v) is 12.0. The molecule has 0 saturated heterocycles. The number of hydrogen-bond acceptors (Lipinski definition) is 1. The summed E-state index contributed by atoms with van der Waals surface area (Å²) >= 11 is 0. The first-order valence-corrected chi connectivity index (χ1v) is 6.13. The third-order valence-electron chi connectivity index (χ3n) is 4.12. The minimum absolute atomic E-state index is 0. The van der Waals surface area contributed by atoms with E-state index < -0.39 is 0 Å². The van der Waals surface area contributed by atoms with Crippen molar-refractivity contribution in [3.8, 4) is 0 Å². The summed E-state index contributed by atoms with van der Waals surface area (Å²) in [5.74, 6) is 0.150. The van der Waals surface area contributed by atoms with Crippen molar-refractivity contribution in [3.05, 3.63) is 65.5 Å². The molecule has 0 fully saturated rings. The SMILES string of the molecule is OC1CC2c3ccccc3C1c1cccc[n+]12.[I-]. The summed E-state index contributed by atoms with van der Waals surface area (Å²) in [4.78, 5) is 0. The van der Waals surface area contributed by atoms with E-state index in [1.54, 1.807) is 0 Å². The van der Waals surface area contributed by atoms with Crippen LogP contribution in [0.25, 0.3) is 0 Å². The van der Waals surface area contributed by atoms with Crippen molar-refractivity contribution < 1.29 is 33.7 Å². The molecule has 3 unspecified atom stereocenters. The van der Waals surface area contributed by atoms with E-state index in [0.29, 0.717) is 6.04 Å². The van der Waals surface area contributed by atoms with Gasteiger partial charge in [0.25, 0.3) is 0 Å². The fraction of sp³-hybridized carbons (Fsp3) is 0.267. The van der Waals surface area contributed by atoms with Crippen LogP contribution in [0.4, 0.5) is 0 Å². The number of rotatable bonds is 0. The summed E-state index contributed by atoms with van der Waals surface area (Å²) in [5.41, 5.74) is 3.93. The molecule has 3 heteroatoms. The molecule has 1 aliphatic carbocycles. The van der Waals surface area contributed by atoms with E-state index in [0.717, 1.165) is 6.42 Å². The first kappa shape index (κ1) is 12.1. The predicted octanol–water partition coefficient (Wildman–Crippen LogP) is -1.22. The lowest BCUT2D eigenvalue weighted by molar-refractivity contribution is -0.732. The topological polar surface area (TPSA) is 24.1 Å². The Morgan fingerprint density at radius 3 is 2.56 bits per heavy atom. The van der Waals surface area contributed by atoms with Crippen LogP contribution in [0.5, 0.6) is 0 Å². The molecule has 2 aliphatic heterocycles. The molecule has 1 aromatic carbocycles. The molecule has 2 nitrogen and oxygen atoms in total. The van der Waals surface area contributed by atoms with Gasteiger partial charge in [0.2, 0.25) is 0 Å². The van der Waals surface area contributed by atoms with E-state index in [1.807, 2.05) is 0 Å². The fourth-order valence-electron chi connectivity index (χ4n) is 3.43. The highest BCUT2D eigenvalue weighted by molar-refractivity contribution is 5.41. The predicted molar refractivity (Wildman–Crippen MR) is 63.7 cm³/mol. The summed E-state index contributed by atoms with van der Waals surface area (Å²) in [6, 6.07) is 15.1. The van der Waals surface area contributed by atoms with E-state index in [9.17, 15) is 5.11 Å². The smallest absolute Gasteiger partial charge is 0.192 e. The second-order valence-corrected chi connectivity index (χ2v) is 4.96. The molecule has 1 N–H and O–H groups in total. The molecule has 2 aromatic rings. The second-order valence-electron chi connectivity index (χ2n) is 4.96. The molecule has 3 atom stereocenters. The Morgan fingerprint density at radius 2 is 1.72 bits per heavy atom. The lowest BCUT2D eigenvalue weighted by atomic mass is 9.72. The van der Waals surface area contributed by atoms with Gasteiger partial charge in [-0.25, -0.2) is 0 Å². The lowest BCUT2D eigenvalue weighted by Crippen LogP contribution is -3.00. The van der Waals surface area contributed by atoms with Gasteiger partial charge in [-0.15, -0.1) is 0 Å². The Morgan fingerprint density at radius 1 is 1.00 bits per heavy atom. The summed E-state index contributed by atoms with van der Waals surface area (Å²) in [5, 5.41) is 10.3. The molecule has 5 rings (SSSR count). The van der Waals surface area contributed by atoms with Gasteiger partial charge in [-0.2, -0.15) is 4.57 Å². The molecule has 18 heavy (non-hydrogen) atoms. The van der Waals surface area contributed by atoms with Gasteiger partial charge >= 0.3 is 0 Å². The standard InChI is InChI=1S/C15H14NO.HI/c17-14-9-13-10-5-1-2-6-11(10)15(14)12-7-3-4-8-16(12)13;/h1-8,13-15,17H,9H2;1H/q+1;/p-1. The molecule has 0 amide bonds. The van der Waals surface area contributed by atoms with Gasteiger partial charge in [0.15, 0.2) is 17.9 Å². The molecule has 3 heterocycles. The molecule has 0 radical (unpaired) electrons. The minimum atomic E-state index is -0.239. The Bertz CT molecular complexity index is 551. The number of aromatic nitrogens is 1. The highest BCUT2D eigenvalue weighted by Crippen LogP contribution is 2.44. The molecule has 2 bridgehead atoms. The van der Waals surface area contributed by atoms with E-state index in [1.165, 1.54) is 16.8 Å². The molecule has 3 aliphatic rings. The number of hydrogen-bond donors (Lipinski definition) is 1. The van der Waals surface area contributed by atoms with Crippen LogP contribution >= 0.6 is 0 Å². The molecule has 92 valence electrons. The van der Waals surface area contributed by atoms with Gasteiger partial charge in [-0.05, 0) is 5.56 Å². The Hall–Kier alpha value is -0.940. The average molecular weight is 351 g/mol. The fourth-order valence-corrected chi connectivity index (χ4v) is 3.43. The number of halogens is 1.